The second kappa shape index (κ2) is 9.02. The van der Waals surface area contributed by atoms with Gasteiger partial charge in [-0.1, -0.05) is 0 Å². The predicted octanol–water partition coefficient (Wildman–Crippen LogP) is 3.22. The van der Waals surface area contributed by atoms with E-state index in [0.29, 0.717) is 34.3 Å². The number of benzene rings is 2. The van der Waals surface area contributed by atoms with Crippen LogP contribution in [-0.4, -0.2) is 41.5 Å². The molecule has 0 unspecified atom stereocenters. The third kappa shape index (κ3) is 4.36. The second-order valence-corrected chi connectivity index (χ2v) is 5.72. The van der Waals surface area contributed by atoms with Gasteiger partial charge in [0.15, 0.2) is 11.5 Å². The molecule has 1 amide bonds. The fraction of sp³-hybridized carbons (Fsp3) is 0.350. The van der Waals surface area contributed by atoms with Crippen molar-refractivity contribution in [2.45, 2.75) is 13.0 Å². The molecule has 0 radical (unpaired) electrons. The van der Waals surface area contributed by atoms with Crippen molar-refractivity contribution in [1.29, 1.82) is 0 Å². The number of methoxy groups -OCH3 is 5. The zero-order chi connectivity index (χ0) is 20.0. The number of nitrogens with one attached hydrogen (secondary N) is 1. The summed E-state index contributed by atoms with van der Waals surface area (Å²) in [4.78, 5) is 12.8. The number of carbonyl (C=O) groups is 1. The van der Waals surface area contributed by atoms with Crippen LogP contribution in [0.15, 0.2) is 30.3 Å². The molecule has 2 aromatic rings. The van der Waals surface area contributed by atoms with Gasteiger partial charge < -0.3 is 29.0 Å². The van der Waals surface area contributed by atoms with E-state index in [1.54, 1.807) is 38.5 Å². The molecule has 0 fully saturated rings. The lowest BCUT2D eigenvalue weighted by Crippen LogP contribution is -2.27. The van der Waals surface area contributed by atoms with Crippen LogP contribution in [0.3, 0.4) is 0 Å². The first-order valence-electron chi connectivity index (χ1n) is 8.31. The van der Waals surface area contributed by atoms with Gasteiger partial charge >= 0.3 is 0 Å². The Hall–Kier alpha value is -3.09. The minimum Gasteiger partial charge on any atom is -0.497 e. The van der Waals surface area contributed by atoms with Crippen molar-refractivity contribution in [3.8, 4) is 28.7 Å². The summed E-state index contributed by atoms with van der Waals surface area (Å²) < 4.78 is 26.6. The fourth-order valence-corrected chi connectivity index (χ4v) is 2.75. The van der Waals surface area contributed by atoms with Gasteiger partial charge in [-0.15, -0.1) is 0 Å². The molecule has 2 rings (SSSR count). The van der Waals surface area contributed by atoms with Crippen molar-refractivity contribution in [2.24, 2.45) is 0 Å². The maximum Gasteiger partial charge on any atom is 0.252 e. The normalized spacial score (nSPS) is 11.3. The molecule has 0 aliphatic rings. The third-order valence-corrected chi connectivity index (χ3v) is 4.18. The molecule has 7 nitrogen and oxygen atoms in total. The Morgan fingerprint density at radius 1 is 0.815 bits per heavy atom. The Labute approximate surface area is 159 Å². The molecule has 27 heavy (non-hydrogen) atoms. The minimum absolute atomic E-state index is 0.286. The van der Waals surface area contributed by atoms with E-state index in [-0.39, 0.29) is 11.9 Å². The molecule has 0 aromatic heterocycles. The highest BCUT2D eigenvalue weighted by Gasteiger charge is 2.20. The highest BCUT2D eigenvalue weighted by atomic mass is 16.5. The van der Waals surface area contributed by atoms with Gasteiger partial charge in [-0.25, -0.2) is 0 Å². The quantitative estimate of drug-likeness (QED) is 0.764. The first kappa shape index (κ1) is 20.2. The molecule has 0 saturated carbocycles. The molecule has 0 spiro atoms. The number of hydrogen-bond donors (Lipinski definition) is 1. The zero-order valence-corrected chi connectivity index (χ0v) is 16.4. The lowest BCUT2D eigenvalue weighted by atomic mass is 10.1. The van der Waals surface area contributed by atoms with Crippen LogP contribution in [0.4, 0.5) is 0 Å². The van der Waals surface area contributed by atoms with Gasteiger partial charge in [-0.3, -0.25) is 4.79 Å². The topological polar surface area (TPSA) is 75.3 Å². The molecule has 0 aliphatic carbocycles. The standard InChI is InChI=1S/C20H25NO6/c1-12(15-11-14(23-2)7-8-16(15)24-3)21-20(22)13-9-17(25-4)19(27-6)18(10-13)26-5/h7-12H,1-6H3,(H,21,22)/t12-/m0/s1. The summed E-state index contributed by atoms with van der Waals surface area (Å²) in [6, 6.07) is 8.32. The molecule has 1 N–H and O–H groups in total. The predicted molar refractivity (Wildman–Crippen MR) is 102 cm³/mol. The van der Waals surface area contributed by atoms with E-state index in [0.717, 1.165) is 5.56 Å². The second-order valence-electron chi connectivity index (χ2n) is 5.72. The molecular formula is C20H25NO6. The lowest BCUT2D eigenvalue weighted by Gasteiger charge is -2.19. The van der Waals surface area contributed by atoms with Crippen LogP contribution in [0.2, 0.25) is 0 Å². The van der Waals surface area contributed by atoms with Crippen molar-refractivity contribution in [3.05, 3.63) is 41.5 Å². The molecule has 0 heterocycles. The Morgan fingerprint density at radius 3 is 1.89 bits per heavy atom. The number of rotatable bonds is 8. The summed E-state index contributed by atoms with van der Waals surface area (Å²) in [5.74, 6) is 2.31. The van der Waals surface area contributed by atoms with Gasteiger partial charge in [-0.2, -0.15) is 0 Å². The van der Waals surface area contributed by atoms with Gasteiger partial charge in [0.25, 0.3) is 5.91 Å². The Bertz CT molecular complexity index is 780. The van der Waals surface area contributed by atoms with E-state index >= 15 is 0 Å². The minimum atomic E-state index is -0.318. The summed E-state index contributed by atoms with van der Waals surface area (Å²) in [5.41, 5.74) is 1.19. The number of amides is 1. The summed E-state index contributed by atoms with van der Waals surface area (Å²) >= 11 is 0. The zero-order valence-electron chi connectivity index (χ0n) is 16.4. The van der Waals surface area contributed by atoms with Crippen molar-refractivity contribution >= 4 is 5.91 Å². The van der Waals surface area contributed by atoms with Gasteiger partial charge in [-0.05, 0) is 37.3 Å². The molecule has 146 valence electrons. The van der Waals surface area contributed by atoms with Crippen LogP contribution in [0, 0.1) is 0 Å². The Morgan fingerprint density at radius 2 is 1.41 bits per heavy atom. The lowest BCUT2D eigenvalue weighted by molar-refractivity contribution is 0.0938. The third-order valence-electron chi connectivity index (χ3n) is 4.18. The maximum absolute atomic E-state index is 12.8. The molecule has 1 atom stereocenters. The van der Waals surface area contributed by atoms with Gasteiger partial charge in [0.05, 0.1) is 41.6 Å². The van der Waals surface area contributed by atoms with Gasteiger partial charge in [0, 0.05) is 11.1 Å². The summed E-state index contributed by atoms with van der Waals surface area (Å²) in [6.07, 6.45) is 0. The van der Waals surface area contributed by atoms with E-state index in [1.165, 1.54) is 21.3 Å². The number of ether oxygens (including phenoxy) is 5. The van der Waals surface area contributed by atoms with Crippen molar-refractivity contribution < 1.29 is 28.5 Å². The Kier molecular flexibility index (Phi) is 6.76. The number of carbonyl (C=O) groups excluding carboxylic acids is 1. The van der Waals surface area contributed by atoms with Crippen LogP contribution in [0.5, 0.6) is 28.7 Å². The van der Waals surface area contributed by atoms with E-state index in [2.05, 4.69) is 5.32 Å². The van der Waals surface area contributed by atoms with Gasteiger partial charge in [0.2, 0.25) is 5.75 Å². The average Bonchev–Trinajstić information content (AvgIpc) is 2.71. The molecule has 0 bridgehead atoms. The largest absolute Gasteiger partial charge is 0.497 e. The first-order chi connectivity index (χ1) is 13.0. The first-order valence-corrected chi connectivity index (χ1v) is 8.31. The molecule has 0 saturated heterocycles. The van der Waals surface area contributed by atoms with Crippen molar-refractivity contribution in [2.75, 3.05) is 35.5 Å². The van der Waals surface area contributed by atoms with Crippen LogP contribution in [-0.2, 0) is 0 Å². The number of hydrogen-bond acceptors (Lipinski definition) is 6. The Balaban J connectivity index is 2.32. The van der Waals surface area contributed by atoms with Crippen LogP contribution < -0.4 is 29.0 Å². The maximum atomic E-state index is 12.8. The van der Waals surface area contributed by atoms with Crippen molar-refractivity contribution in [1.82, 2.24) is 5.32 Å². The monoisotopic (exact) mass is 375 g/mol. The van der Waals surface area contributed by atoms with Crippen LogP contribution in [0.25, 0.3) is 0 Å². The summed E-state index contributed by atoms with van der Waals surface area (Å²) in [5, 5.41) is 2.95. The van der Waals surface area contributed by atoms with Crippen LogP contribution >= 0.6 is 0 Å². The molecule has 7 heteroatoms. The molecular weight excluding hydrogens is 350 g/mol. The van der Waals surface area contributed by atoms with Gasteiger partial charge in [0.1, 0.15) is 11.5 Å². The highest BCUT2D eigenvalue weighted by molar-refractivity contribution is 5.96. The molecule has 2 aromatic carbocycles. The van der Waals surface area contributed by atoms with E-state index in [4.69, 9.17) is 23.7 Å². The van der Waals surface area contributed by atoms with Crippen LogP contribution in [0.1, 0.15) is 28.9 Å². The van der Waals surface area contributed by atoms with Crippen molar-refractivity contribution in [3.63, 3.8) is 0 Å². The molecule has 0 aliphatic heterocycles. The van der Waals surface area contributed by atoms with E-state index < -0.39 is 0 Å². The smallest absolute Gasteiger partial charge is 0.252 e. The summed E-state index contributed by atoms with van der Waals surface area (Å²) in [6.45, 7) is 1.87. The SMILES string of the molecule is COc1ccc(OC)c([C@H](C)NC(=O)c2cc(OC)c(OC)c(OC)c2)c1. The highest BCUT2D eigenvalue weighted by Crippen LogP contribution is 2.38. The average molecular weight is 375 g/mol. The van der Waals surface area contributed by atoms with E-state index in [1.807, 2.05) is 13.0 Å². The van der Waals surface area contributed by atoms with E-state index in [9.17, 15) is 4.79 Å². The summed E-state index contributed by atoms with van der Waals surface area (Å²) in [7, 11) is 7.69. The fourth-order valence-electron chi connectivity index (χ4n) is 2.75.